The van der Waals surface area contributed by atoms with E-state index in [9.17, 15) is 5.11 Å². The van der Waals surface area contributed by atoms with E-state index in [0.717, 1.165) is 24.1 Å². The second-order valence-electron chi connectivity index (χ2n) is 5.75. The molecule has 0 spiro atoms. The maximum absolute atomic E-state index is 10.2. The van der Waals surface area contributed by atoms with Crippen LogP contribution in [0.25, 0.3) is 0 Å². The van der Waals surface area contributed by atoms with Crippen molar-refractivity contribution in [1.29, 1.82) is 0 Å². The van der Waals surface area contributed by atoms with E-state index in [1.807, 2.05) is 25.1 Å². The van der Waals surface area contributed by atoms with E-state index in [4.69, 9.17) is 0 Å². The van der Waals surface area contributed by atoms with E-state index < -0.39 is 0 Å². The number of benzene rings is 2. The average Bonchev–Trinajstić information content (AvgIpc) is 2.88. The second-order valence-corrected chi connectivity index (χ2v) is 5.75. The Labute approximate surface area is 120 Å². The number of aryl methyl sites for hydroxylation is 2. The van der Waals surface area contributed by atoms with Gasteiger partial charge in [0.25, 0.3) is 0 Å². The Bertz CT molecular complexity index is 621. The molecule has 0 aliphatic heterocycles. The minimum absolute atomic E-state index is 0.436. The zero-order valence-electron chi connectivity index (χ0n) is 12.1. The van der Waals surface area contributed by atoms with Crippen LogP contribution in [0.3, 0.4) is 0 Å². The molecule has 2 aromatic rings. The second kappa shape index (κ2) is 5.29. The van der Waals surface area contributed by atoms with Gasteiger partial charge in [-0.2, -0.15) is 0 Å². The Kier molecular flexibility index (Phi) is 3.49. The Morgan fingerprint density at radius 1 is 1.15 bits per heavy atom. The average molecular weight is 267 g/mol. The molecular formula is C18H21NO. The van der Waals surface area contributed by atoms with Crippen LogP contribution >= 0.6 is 0 Å². The molecule has 0 fully saturated rings. The molecule has 2 nitrogen and oxygen atoms in total. The van der Waals surface area contributed by atoms with Crippen LogP contribution in [0.1, 0.15) is 34.7 Å². The molecule has 1 aliphatic carbocycles. The van der Waals surface area contributed by atoms with Gasteiger partial charge in [-0.15, -0.1) is 0 Å². The van der Waals surface area contributed by atoms with E-state index in [1.54, 1.807) is 0 Å². The van der Waals surface area contributed by atoms with Crippen LogP contribution in [0, 0.1) is 6.92 Å². The Morgan fingerprint density at radius 3 is 2.80 bits per heavy atom. The van der Waals surface area contributed by atoms with E-state index in [0.29, 0.717) is 11.8 Å². The Balaban J connectivity index is 1.81. The molecule has 0 saturated carbocycles. The zero-order chi connectivity index (χ0) is 14.1. The molecule has 0 bridgehead atoms. The van der Waals surface area contributed by atoms with Crippen molar-refractivity contribution in [2.24, 2.45) is 0 Å². The van der Waals surface area contributed by atoms with E-state index >= 15 is 0 Å². The van der Waals surface area contributed by atoms with Crippen molar-refractivity contribution in [1.82, 2.24) is 4.90 Å². The number of hydrogen-bond donors (Lipinski definition) is 1. The summed E-state index contributed by atoms with van der Waals surface area (Å²) < 4.78 is 0. The van der Waals surface area contributed by atoms with Gasteiger partial charge in [0.05, 0.1) is 0 Å². The summed E-state index contributed by atoms with van der Waals surface area (Å²) in [5.41, 5.74) is 4.87. The molecule has 1 N–H and O–H groups in total. The van der Waals surface area contributed by atoms with Gasteiger partial charge < -0.3 is 5.11 Å². The summed E-state index contributed by atoms with van der Waals surface area (Å²) in [4.78, 5) is 2.35. The zero-order valence-corrected chi connectivity index (χ0v) is 12.1. The Hall–Kier alpha value is -1.80. The van der Waals surface area contributed by atoms with Gasteiger partial charge in [-0.3, -0.25) is 4.90 Å². The highest BCUT2D eigenvalue weighted by Crippen LogP contribution is 2.36. The van der Waals surface area contributed by atoms with Crippen LogP contribution in [0.15, 0.2) is 42.5 Å². The highest BCUT2D eigenvalue weighted by atomic mass is 16.3. The summed E-state index contributed by atoms with van der Waals surface area (Å²) >= 11 is 0. The maximum atomic E-state index is 10.2. The van der Waals surface area contributed by atoms with Crippen molar-refractivity contribution < 1.29 is 5.11 Å². The first-order chi connectivity index (χ1) is 9.66. The third kappa shape index (κ3) is 2.32. The van der Waals surface area contributed by atoms with Gasteiger partial charge in [0.2, 0.25) is 0 Å². The van der Waals surface area contributed by atoms with Gasteiger partial charge >= 0.3 is 0 Å². The molecule has 2 aromatic carbocycles. The topological polar surface area (TPSA) is 23.5 Å². The normalized spacial score (nSPS) is 17.4. The quantitative estimate of drug-likeness (QED) is 0.914. The highest BCUT2D eigenvalue weighted by Gasteiger charge is 2.25. The summed E-state index contributed by atoms with van der Waals surface area (Å²) in [5.74, 6) is 0.436. The van der Waals surface area contributed by atoms with Crippen LogP contribution in [-0.4, -0.2) is 17.1 Å². The van der Waals surface area contributed by atoms with Crippen molar-refractivity contribution in [3.8, 4) is 5.75 Å². The van der Waals surface area contributed by atoms with Crippen molar-refractivity contribution in [3.63, 3.8) is 0 Å². The third-order valence-electron chi connectivity index (χ3n) is 4.37. The van der Waals surface area contributed by atoms with E-state index in [2.05, 4.69) is 36.2 Å². The number of rotatable bonds is 3. The monoisotopic (exact) mass is 267 g/mol. The molecule has 0 amide bonds. The van der Waals surface area contributed by atoms with Crippen LogP contribution in [-0.2, 0) is 13.0 Å². The van der Waals surface area contributed by atoms with Crippen molar-refractivity contribution in [2.75, 3.05) is 7.05 Å². The van der Waals surface area contributed by atoms with Crippen molar-refractivity contribution in [2.45, 2.75) is 32.4 Å². The molecule has 2 heteroatoms. The molecule has 104 valence electrons. The summed E-state index contributed by atoms with van der Waals surface area (Å²) in [7, 11) is 2.15. The van der Waals surface area contributed by atoms with Gasteiger partial charge in [-0.1, -0.05) is 42.5 Å². The number of phenols is 1. The first-order valence-electron chi connectivity index (χ1n) is 7.22. The fourth-order valence-corrected chi connectivity index (χ4v) is 3.22. The minimum atomic E-state index is 0.436. The molecule has 0 heterocycles. The number of fused-ring (bicyclic) bond motifs is 1. The largest absolute Gasteiger partial charge is 0.507 e. The summed E-state index contributed by atoms with van der Waals surface area (Å²) in [6.07, 6.45) is 2.33. The lowest BCUT2D eigenvalue weighted by atomic mass is 10.1. The number of para-hydroxylation sites is 1. The Morgan fingerprint density at radius 2 is 1.95 bits per heavy atom. The number of hydrogen-bond acceptors (Lipinski definition) is 2. The van der Waals surface area contributed by atoms with Gasteiger partial charge in [0, 0.05) is 18.2 Å². The third-order valence-corrected chi connectivity index (χ3v) is 4.37. The van der Waals surface area contributed by atoms with Crippen LogP contribution in [0.2, 0.25) is 0 Å². The van der Waals surface area contributed by atoms with Crippen LogP contribution < -0.4 is 0 Å². The van der Waals surface area contributed by atoms with E-state index in [1.165, 1.54) is 17.5 Å². The number of phenolic OH excluding ortho intramolecular Hbond substituents is 1. The standard InChI is InChI=1S/C18H21NO/c1-13-6-5-8-15(18(13)20)12-19(2)17-11-10-14-7-3-4-9-16(14)17/h3-9,17,20H,10-12H2,1-2H3. The SMILES string of the molecule is Cc1cccc(CN(C)C2CCc3ccccc32)c1O. The maximum Gasteiger partial charge on any atom is 0.122 e. The van der Waals surface area contributed by atoms with Crippen LogP contribution in [0.5, 0.6) is 5.75 Å². The van der Waals surface area contributed by atoms with E-state index in [-0.39, 0.29) is 0 Å². The van der Waals surface area contributed by atoms with Gasteiger partial charge in [-0.25, -0.2) is 0 Å². The van der Waals surface area contributed by atoms with Crippen molar-refractivity contribution in [3.05, 3.63) is 64.7 Å². The fourth-order valence-electron chi connectivity index (χ4n) is 3.22. The summed E-state index contributed by atoms with van der Waals surface area (Å²) in [6.45, 7) is 2.73. The summed E-state index contributed by atoms with van der Waals surface area (Å²) in [5, 5.41) is 10.2. The molecule has 1 unspecified atom stereocenters. The number of aromatic hydroxyl groups is 1. The highest BCUT2D eigenvalue weighted by molar-refractivity contribution is 5.40. The predicted molar refractivity (Wildman–Crippen MR) is 81.8 cm³/mol. The van der Waals surface area contributed by atoms with Gasteiger partial charge in [0.1, 0.15) is 5.75 Å². The molecule has 0 aromatic heterocycles. The first kappa shape index (κ1) is 13.2. The molecular weight excluding hydrogens is 246 g/mol. The molecule has 3 rings (SSSR count). The number of nitrogens with zero attached hydrogens (tertiary/aromatic N) is 1. The lowest BCUT2D eigenvalue weighted by Gasteiger charge is -2.25. The first-order valence-corrected chi connectivity index (χ1v) is 7.22. The molecule has 1 atom stereocenters. The molecule has 20 heavy (non-hydrogen) atoms. The summed E-state index contributed by atoms with van der Waals surface area (Å²) in [6, 6.07) is 15.1. The molecule has 0 saturated heterocycles. The van der Waals surface area contributed by atoms with Crippen LogP contribution in [0.4, 0.5) is 0 Å². The predicted octanol–water partition coefficient (Wildman–Crippen LogP) is 3.82. The molecule has 1 aliphatic rings. The van der Waals surface area contributed by atoms with Gasteiger partial charge in [0.15, 0.2) is 0 Å². The fraction of sp³-hybridized carbons (Fsp3) is 0.333. The lowest BCUT2D eigenvalue weighted by molar-refractivity contribution is 0.233. The molecule has 0 radical (unpaired) electrons. The van der Waals surface area contributed by atoms with Crippen molar-refractivity contribution >= 4 is 0 Å². The van der Waals surface area contributed by atoms with Gasteiger partial charge in [-0.05, 0) is 43.5 Å². The smallest absolute Gasteiger partial charge is 0.122 e. The lowest BCUT2D eigenvalue weighted by Crippen LogP contribution is -2.22. The minimum Gasteiger partial charge on any atom is -0.507 e.